The quantitative estimate of drug-likeness (QED) is 0.827. The van der Waals surface area contributed by atoms with Crippen LogP contribution in [0.2, 0.25) is 0 Å². The average molecular weight is 279 g/mol. The monoisotopic (exact) mass is 279 g/mol. The van der Waals surface area contributed by atoms with E-state index in [9.17, 15) is 4.39 Å². The molecule has 0 saturated carbocycles. The second kappa shape index (κ2) is 5.70. The third kappa shape index (κ3) is 2.42. The summed E-state index contributed by atoms with van der Waals surface area (Å²) in [5.41, 5.74) is 2.27. The number of methoxy groups -OCH3 is 1. The molecule has 1 aromatic carbocycles. The molecule has 2 aliphatic heterocycles. The number of morpholine rings is 1. The van der Waals surface area contributed by atoms with Gasteiger partial charge < -0.3 is 14.4 Å². The minimum atomic E-state index is -0.368. The Bertz CT molecular complexity index is 429. The van der Waals surface area contributed by atoms with Crippen molar-refractivity contribution in [3.05, 3.63) is 29.8 Å². The molecule has 1 aromatic rings. The van der Waals surface area contributed by atoms with E-state index in [1.54, 1.807) is 7.11 Å². The molecule has 2 bridgehead atoms. The van der Waals surface area contributed by atoms with Gasteiger partial charge in [0.1, 0.15) is 0 Å². The number of fused-ring (bicyclic) bond motifs is 2. The predicted octanol–water partition coefficient (Wildman–Crippen LogP) is 2.96. The van der Waals surface area contributed by atoms with Gasteiger partial charge in [0.05, 0.1) is 31.5 Å². The van der Waals surface area contributed by atoms with E-state index in [0.29, 0.717) is 12.1 Å². The van der Waals surface area contributed by atoms with Gasteiger partial charge in [0.25, 0.3) is 0 Å². The molecule has 3 rings (SSSR count). The Morgan fingerprint density at radius 2 is 2.15 bits per heavy atom. The van der Waals surface area contributed by atoms with E-state index in [4.69, 9.17) is 9.47 Å². The summed E-state index contributed by atoms with van der Waals surface area (Å²) in [6, 6.07) is 8.87. The highest BCUT2D eigenvalue weighted by atomic mass is 19.1. The summed E-state index contributed by atoms with van der Waals surface area (Å²) in [7, 11) is 1.64. The van der Waals surface area contributed by atoms with Crippen LogP contribution in [0.25, 0.3) is 0 Å². The molecule has 0 radical (unpaired) electrons. The fourth-order valence-corrected chi connectivity index (χ4v) is 3.35. The van der Waals surface area contributed by atoms with Crippen molar-refractivity contribution in [1.29, 1.82) is 0 Å². The summed E-state index contributed by atoms with van der Waals surface area (Å²) in [5, 5.41) is 0. The lowest BCUT2D eigenvalue weighted by molar-refractivity contribution is 0.0479. The van der Waals surface area contributed by atoms with Crippen molar-refractivity contribution >= 4 is 5.69 Å². The highest BCUT2D eigenvalue weighted by Crippen LogP contribution is 2.34. The molecular formula is C16H22FNO2. The van der Waals surface area contributed by atoms with Crippen LogP contribution in [0.1, 0.15) is 25.0 Å². The first-order valence-corrected chi connectivity index (χ1v) is 7.30. The molecule has 0 spiro atoms. The summed E-state index contributed by atoms with van der Waals surface area (Å²) in [6.45, 7) is 3.33. The standard InChI is InChI=1S/C16H22FNO2/c1-11(8-17)16(19-2)12-3-5-13(6-4-12)18-9-15-7-14(18)10-20-15/h3-6,11,14-16H,7-10H2,1-2H3/t11-,14+,15+,16+/m1/s1. The van der Waals surface area contributed by atoms with E-state index >= 15 is 0 Å². The Balaban J connectivity index is 1.74. The predicted molar refractivity (Wildman–Crippen MR) is 76.8 cm³/mol. The number of ether oxygens (including phenoxy) is 2. The maximum absolute atomic E-state index is 12.8. The van der Waals surface area contributed by atoms with Crippen LogP contribution in [-0.4, -0.2) is 39.1 Å². The second-order valence-corrected chi connectivity index (χ2v) is 5.88. The molecule has 2 aliphatic rings. The summed E-state index contributed by atoms with van der Waals surface area (Å²) in [6.07, 6.45) is 1.37. The van der Waals surface area contributed by atoms with Gasteiger partial charge >= 0.3 is 0 Å². The summed E-state index contributed by atoms with van der Waals surface area (Å²) >= 11 is 0. The minimum absolute atomic E-state index is 0.123. The van der Waals surface area contributed by atoms with Gasteiger partial charge in [0.2, 0.25) is 0 Å². The van der Waals surface area contributed by atoms with Gasteiger partial charge in [-0.15, -0.1) is 0 Å². The molecule has 2 fully saturated rings. The van der Waals surface area contributed by atoms with E-state index in [1.165, 1.54) is 5.69 Å². The molecule has 4 heteroatoms. The topological polar surface area (TPSA) is 21.7 Å². The number of hydrogen-bond acceptors (Lipinski definition) is 3. The zero-order valence-electron chi connectivity index (χ0n) is 12.1. The van der Waals surface area contributed by atoms with Gasteiger partial charge in [-0.05, 0) is 24.1 Å². The zero-order valence-corrected chi connectivity index (χ0v) is 12.1. The fraction of sp³-hybridized carbons (Fsp3) is 0.625. The van der Waals surface area contributed by atoms with Crippen molar-refractivity contribution in [3.63, 3.8) is 0 Å². The first-order chi connectivity index (χ1) is 9.72. The van der Waals surface area contributed by atoms with Gasteiger partial charge in [-0.3, -0.25) is 4.39 Å². The molecular weight excluding hydrogens is 257 g/mol. The first-order valence-electron chi connectivity index (χ1n) is 7.30. The molecule has 0 unspecified atom stereocenters. The lowest BCUT2D eigenvalue weighted by atomic mass is 9.98. The van der Waals surface area contributed by atoms with Gasteiger partial charge in [0.15, 0.2) is 0 Å². The maximum Gasteiger partial charge on any atom is 0.0948 e. The number of rotatable bonds is 5. The Labute approximate surface area is 119 Å². The minimum Gasteiger partial charge on any atom is -0.376 e. The molecule has 3 nitrogen and oxygen atoms in total. The molecule has 20 heavy (non-hydrogen) atoms. The van der Waals surface area contributed by atoms with E-state index in [2.05, 4.69) is 29.2 Å². The normalized spacial score (nSPS) is 27.9. The van der Waals surface area contributed by atoms with E-state index in [1.807, 2.05) is 6.92 Å². The molecule has 110 valence electrons. The number of alkyl halides is 1. The molecule has 0 amide bonds. The third-order valence-electron chi connectivity index (χ3n) is 4.47. The van der Waals surface area contributed by atoms with Crippen molar-refractivity contribution in [1.82, 2.24) is 0 Å². The van der Waals surface area contributed by atoms with Crippen molar-refractivity contribution in [2.24, 2.45) is 5.92 Å². The van der Waals surface area contributed by atoms with Gasteiger partial charge in [-0.25, -0.2) is 0 Å². The van der Waals surface area contributed by atoms with Crippen LogP contribution in [0.5, 0.6) is 0 Å². The van der Waals surface area contributed by atoms with Crippen molar-refractivity contribution in [2.75, 3.05) is 31.8 Å². The summed E-state index contributed by atoms with van der Waals surface area (Å²) in [4.78, 5) is 2.42. The molecule has 2 saturated heterocycles. The van der Waals surface area contributed by atoms with Gasteiger partial charge in [-0.1, -0.05) is 19.1 Å². The van der Waals surface area contributed by atoms with Crippen LogP contribution in [0.15, 0.2) is 24.3 Å². The SMILES string of the molecule is CO[C@H](c1ccc(N2C[C@@H]3C[C@H]2CO3)cc1)[C@H](C)CF. The van der Waals surface area contributed by atoms with Crippen molar-refractivity contribution in [3.8, 4) is 0 Å². The Morgan fingerprint density at radius 3 is 2.65 bits per heavy atom. The van der Waals surface area contributed by atoms with Crippen LogP contribution in [0, 0.1) is 5.92 Å². The highest BCUT2D eigenvalue weighted by Gasteiger charge is 2.38. The molecule has 0 aromatic heterocycles. The maximum atomic E-state index is 12.8. The molecule has 0 aliphatic carbocycles. The number of nitrogens with zero attached hydrogens (tertiary/aromatic N) is 1. The zero-order chi connectivity index (χ0) is 14.1. The number of anilines is 1. The third-order valence-corrected chi connectivity index (χ3v) is 4.47. The molecule has 0 N–H and O–H groups in total. The average Bonchev–Trinajstić information content (AvgIpc) is 3.11. The lowest BCUT2D eigenvalue weighted by Gasteiger charge is -2.29. The van der Waals surface area contributed by atoms with E-state index < -0.39 is 0 Å². The van der Waals surface area contributed by atoms with Crippen LogP contribution in [-0.2, 0) is 9.47 Å². The number of hydrogen-bond donors (Lipinski definition) is 0. The number of halogens is 1. The smallest absolute Gasteiger partial charge is 0.0948 e. The molecule has 2 heterocycles. The first kappa shape index (κ1) is 13.8. The lowest BCUT2D eigenvalue weighted by Crippen LogP contribution is -2.36. The largest absolute Gasteiger partial charge is 0.376 e. The van der Waals surface area contributed by atoms with Crippen molar-refractivity contribution < 1.29 is 13.9 Å². The van der Waals surface area contributed by atoms with Crippen LogP contribution >= 0.6 is 0 Å². The van der Waals surface area contributed by atoms with Gasteiger partial charge in [0, 0.05) is 25.3 Å². The Hall–Kier alpha value is -1.13. The van der Waals surface area contributed by atoms with E-state index in [0.717, 1.165) is 25.1 Å². The number of benzene rings is 1. The van der Waals surface area contributed by atoms with E-state index in [-0.39, 0.29) is 18.7 Å². The van der Waals surface area contributed by atoms with Crippen molar-refractivity contribution in [2.45, 2.75) is 31.6 Å². The van der Waals surface area contributed by atoms with Crippen LogP contribution < -0.4 is 4.90 Å². The summed E-state index contributed by atoms with van der Waals surface area (Å²) in [5.74, 6) is -0.123. The van der Waals surface area contributed by atoms with Crippen LogP contribution in [0.4, 0.5) is 10.1 Å². The second-order valence-electron chi connectivity index (χ2n) is 5.88. The summed E-state index contributed by atoms with van der Waals surface area (Å²) < 4.78 is 23.9. The molecule has 4 atom stereocenters. The fourth-order valence-electron chi connectivity index (χ4n) is 3.35. The Morgan fingerprint density at radius 1 is 1.40 bits per heavy atom. The van der Waals surface area contributed by atoms with Crippen LogP contribution in [0.3, 0.4) is 0 Å². The highest BCUT2D eigenvalue weighted by molar-refractivity contribution is 5.51. The van der Waals surface area contributed by atoms with Gasteiger partial charge in [-0.2, -0.15) is 0 Å². The Kier molecular flexibility index (Phi) is 3.94.